The first-order valence-electron chi connectivity index (χ1n) is 8.54. The second-order valence-corrected chi connectivity index (χ2v) is 6.55. The lowest BCUT2D eigenvalue weighted by Crippen LogP contribution is -2.55. The number of hydrogen-bond donors (Lipinski definition) is 0. The molecule has 4 heterocycles. The molecule has 2 amide bonds. The molecule has 0 aromatic carbocycles. The summed E-state index contributed by atoms with van der Waals surface area (Å²) >= 11 is 0. The lowest BCUT2D eigenvalue weighted by atomic mass is 10.00. The Morgan fingerprint density at radius 3 is 2.57 bits per heavy atom. The molecule has 3 fully saturated rings. The summed E-state index contributed by atoms with van der Waals surface area (Å²) in [7, 11) is 0. The molecule has 124 valence electrons. The van der Waals surface area contributed by atoms with Crippen molar-refractivity contribution >= 4 is 6.03 Å². The highest BCUT2D eigenvalue weighted by Crippen LogP contribution is 2.37. The third-order valence-electron chi connectivity index (χ3n) is 5.12. The van der Waals surface area contributed by atoms with Gasteiger partial charge in [0, 0.05) is 50.3 Å². The number of rotatable bonds is 2. The van der Waals surface area contributed by atoms with Gasteiger partial charge in [-0.3, -0.25) is 0 Å². The number of hydrogen-bond acceptors (Lipinski definition) is 4. The molecule has 0 radical (unpaired) electrons. The zero-order valence-electron chi connectivity index (χ0n) is 13.3. The molecule has 0 spiro atoms. The number of aromatic nitrogens is 1. The highest BCUT2D eigenvalue weighted by Gasteiger charge is 2.45. The van der Waals surface area contributed by atoms with Gasteiger partial charge >= 0.3 is 6.03 Å². The topological polar surface area (TPSA) is 54.9 Å². The van der Waals surface area contributed by atoms with Gasteiger partial charge in [-0.2, -0.15) is 0 Å². The van der Waals surface area contributed by atoms with E-state index >= 15 is 0 Å². The van der Waals surface area contributed by atoms with E-state index < -0.39 is 0 Å². The zero-order chi connectivity index (χ0) is 15.6. The second-order valence-electron chi connectivity index (χ2n) is 6.55. The molecule has 23 heavy (non-hydrogen) atoms. The molecule has 3 aliphatic heterocycles. The van der Waals surface area contributed by atoms with E-state index in [4.69, 9.17) is 9.47 Å². The van der Waals surface area contributed by atoms with E-state index in [0.29, 0.717) is 44.3 Å². The fourth-order valence-electron chi connectivity index (χ4n) is 4.04. The fraction of sp³-hybridized carbons (Fsp3) is 0.647. The Balaban J connectivity index is 1.40. The van der Waals surface area contributed by atoms with Crippen LogP contribution in [0, 0.1) is 0 Å². The molecule has 6 heteroatoms. The monoisotopic (exact) mass is 317 g/mol. The molecular weight excluding hydrogens is 294 g/mol. The van der Waals surface area contributed by atoms with Gasteiger partial charge in [-0.25, -0.2) is 9.78 Å². The largest absolute Gasteiger partial charge is 0.474 e. The van der Waals surface area contributed by atoms with Gasteiger partial charge in [0.05, 0.1) is 13.2 Å². The Kier molecular flexibility index (Phi) is 4.08. The molecule has 3 aliphatic rings. The number of urea groups is 1. The summed E-state index contributed by atoms with van der Waals surface area (Å²) < 4.78 is 11.4. The van der Waals surface area contributed by atoms with Crippen LogP contribution in [0.1, 0.15) is 25.7 Å². The maximum Gasteiger partial charge on any atom is 0.320 e. The van der Waals surface area contributed by atoms with Crippen LogP contribution in [-0.4, -0.2) is 65.3 Å². The normalized spacial score (nSPS) is 30.3. The van der Waals surface area contributed by atoms with Crippen LogP contribution in [0.2, 0.25) is 0 Å². The smallest absolute Gasteiger partial charge is 0.320 e. The minimum atomic E-state index is 0.163. The molecule has 2 bridgehead atoms. The van der Waals surface area contributed by atoms with E-state index in [0.717, 1.165) is 25.7 Å². The summed E-state index contributed by atoms with van der Waals surface area (Å²) in [6.07, 6.45) is 5.90. The van der Waals surface area contributed by atoms with Gasteiger partial charge in [0.2, 0.25) is 5.88 Å². The van der Waals surface area contributed by atoms with Gasteiger partial charge in [0.25, 0.3) is 0 Å². The lowest BCUT2D eigenvalue weighted by molar-refractivity contribution is 0.0205. The van der Waals surface area contributed by atoms with Crippen LogP contribution in [0.15, 0.2) is 24.4 Å². The third kappa shape index (κ3) is 3.00. The van der Waals surface area contributed by atoms with Crippen molar-refractivity contribution in [1.82, 2.24) is 14.8 Å². The molecule has 3 saturated heterocycles. The Bertz CT molecular complexity index is 533. The number of fused-ring (bicyclic) bond motifs is 2. The van der Waals surface area contributed by atoms with Crippen molar-refractivity contribution in [3.05, 3.63) is 24.4 Å². The summed E-state index contributed by atoms with van der Waals surface area (Å²) in [5.41, 5.74) is 0. The van der Waals surface area contributed by atoms with Crippen LogP contribution in [0.3, 0.4) is 0 Å². The summed E-state index contributed by atoms with van der Waals surface area (Å²) in [4.78, 5) is 21.1. The van der Waals surface area contributed by atoms with Crippen molar-refractivity contribution in [2.24, 2.45) is 0 Å². The van der Waals surface area contributed by atoms with Crippen molar-refractivity contribution in [2.75, 3.05) is 26.3 Å². The fourth-order valence-corrected chi connectivity index (χ4v) is 4.04. The predicted molar refractivity (Wildman–Crippen MR) is 84.3 cm³/mol. The molecular formula is C17H23N3O3. The van der Waals surface area contributed by atoms with E-state index in [1.165, 1.54) is 0 Å². The average Bonchev–Trinajstić information content (AvgIpc) is 2.87. The first kappa shape index (κ1) is 14.8. The van der Waals surface area contributed by atoms with E-state index in [9.17, 15) is 4.79 Å². The average molecular weight is 317 g/mol. The van der Waals surface area contributed by atoms with Crippen LogP contribution in [-0.2, 0) is 4.74 Å². The quantitative estimate of drug-likeness (QED) is 0.836. The van der Waals surface area contributed by atoms with Crippen molar-refractivity contribution in [3.63, 3.8) is 0 Å². The zero-order valence-corrected chi connectivity index (χ0v) is 13.3. The van der Waals surface area contributed by atoms with E-state index in [-0.39, 0.29) is 12.1 Å². The highest BCUT2D eigenvalue weighted by molar-refractivity contribution is 5.76. The molecule has 4 rings (SSSR count). The minimum Gasteiger partial charge on any atom is -0.474 e. The van der Waals surface area contributed by atoms with Crippen molar-refractivity contribution in [2.45, 2.75) is 43.9 Å². The van der Waals surface area contributed by atoms with Crippen LogP contribution >= 0.6 is 0 Å². The van der Waals surface area contributed by atoms with Gasteiger partial charge in [-0.05, 0) is 18.9 Å². The van der Waals surface area contributed by atoms with Crippen LogP contribution in [0.25, 0.3) is 0 Å². The van der Waals surface area contributed by atoms with Crippen LogP contribution in [0.5, 0.6) is 5.88 Å². The van der Waals surface area contributed by atoms with Gasteiger partial charge < -0.3 is 19.3 Å². The number of morpholine rings is 1. The van der Waals surface area contributed by atoms with E-state index in [1.54, 1.807) is 6.20 Å². The number of carbonyl (C=O) groups is 1. The third-order valence-corrected chi connectivity index (χ3v) is 5.12. The van der Waals surface area contributed by atoms with Crippen LogP contribution < -0.4 is 4.74 Å². The Morgan fingerprint density at radius 1 is 1.17 bits per heavy atom. The Labute approximate surface area is 136 Å². The lowest BCUT2D eigenvalue weighted by Gasteiger charge is -2.42. The maximum atomic E-state index is 12.8. The molecule has 0 saturated carbocycles. The summed E-state index contributed by atoms with van der Waals surface area (Å²) in [5.74, 6) is 0.685. The summed E-state index contributed by atoms with van der Waals surface area (Å²) in [6, 6.07) is 6.52. The van der Waals surface area contributed by atoms with Crippen molar-refractivity contribution in [1.29, 1.82) is 0 Å². The molecule has 0 N–H and O–H groups in total. The molecule has 1 aromatic heterocycles. The standard InChI is InChI=1S/C17H23N3O3/c21-17(19-7-9-22-10-8-19)20-13-4-5-14(20)12-15(11-13)23-16-3-1-2-6-18-16/h1-3,6,13-15H,4-5,7-12H2. The highest BCUT2D eigenvalue weighted by atomic mass is 16.5. The van der Waals surface area contributed by atoms with Crippen molar-refractivity contribution in [3.8, 4) is 5.88 Å². The number of nitrogens with zero attached hydrogens (tertiary/aromatic N) is 3. The van der Waals surface area contributed by atoms with Crippen LogP contribution in [0.4, 0.5) is 4.79 Å². The van der Waals surface area contributed by atoms with Gasteiger partial charge in [-0.15, -0.1) is 0 Å². The van der Waals surface area contributed by atoms with E-state index in [2.05, 4.69) is 9.88 Å². The molecule has 0 aliphatic carbocycles. The SMILES string of the molecule is O=C(N1CCOCC1)N1C2CCC1CC(Oc1ccccn1)C2. The number of pyridine rings is 1. The number of carbonyl (C=O) groups excluding carboxylic acids is 1. The number of ether oxygens (including phenoxy) is 2. The number of amides is 2. The molecule has 6 nitrogen and oxygen atoms in total. The second kappa shape index (κ2) is 6.35. The minimum absolute atomic E-state index is 0.163. The summed E-state index contributed by atoms with van der Waals surface area (Å²) in [6.45, 7) is 2.73. The Morgan fingerprint density at radius 2 is 1.91 bits per heavy atom. The molecule has 2 unspecified atom stereocenters. The first-order chi connectivity index (χ1) is 11.3. The number of piperidine rings is 1. The summed E-state index contributed by atoms with van der Waals surface area (Å²) in [5, 5.41) is 0. The van der Waals surface area contributed by atoms with Gasteiger partial charge in [0.15, 0.2) is 0 Å². The van der Waals surface area contributed by atoms with E-state index in [1.807, 2.05) is 23.1 Å². The Hall–Kier alpha value is -1.82. The molecule has 1 aromatic rings. The predicted octanol–water partition coefficient (Wildman–Crippen LogP) is 1.91. The van der Waals surface area contributed by atoms with Gasteiger partial charge in [0.1, 0.15) is 6.10 Å². The first-order valence-corrected chi connectivity index (χ1v) is 8.54. The molecule has 2 atom stereocenters. The maximum absolute atomic E-state index is 12.8. The van der Waals surface area contributed by atoms with Crippen molar-refractivity contribution < 1.29 is 14.3 Å². The van der Waals surface area contributed by atoms with Gasteiger partial charge in [-0.1, -0.05) is 6.07 Å².